The van der Waals surface area contributed by atoms with Crippen molar-refractivity contribution < 1.29 is 38.6 Å². The molecule has 0 spiro atoms. The van der Waals surface area contributed by atoms with Crippen molar-refractivity contribution in [2.75, 3.05) is 6.61 Å². The van der Waals surface area contributed by atoms with Gasteiger partial charge in [0.15, 0.2) is 11.6 Å². The van der Waals surface area contributed by atoms with Crippen molar-refractivity contribution in [2.24, 2.45) is 11.8 Å². The molecule has 4 N–H and O–H groups in total. The number of fused-ring (bicyclic) bond motifs is 16. The Balaban J connectivity index is 1.22. The van der Waals surface area contributed by atoms with E-state index in [1.54, 1.807) is 73.1 Å². The molecule has 8 rings (SSSR count). The third-order valence-corrected chi connectivity index (χ3v) is 12.0. The molecule has 0 saturated carbocycles. The number of carboxylic acids is 1. The molecule has 2 aliphatic rings. The second-order valence-corrected chi connectivity index (χ2v) is 17.0. The number of aliphatic carboxylic acids is 1. The number of hydrogen-bond acceptors (Lipinski definition) is 8. The number of benzene rings is 5. The largest absolute Gasteiger partial charge is 0.486 e. The summed E-state index contributed by atoms with van der Waals surface area (Å²) in [5.41, 5.74) is 5.79. The molecule has 0 unspecified atom stereocenters. The van der Waals surface area contributed by atoms with E-state index >= 15 is 0 Å². The fourth-order valence-corrected chi connectivity index (χ4v) is 8.29. The summed E-state index contributed by atoms with van der Waals surface area (Å²) in [6.07, 6.45) is 3.61. The van der Waals surface area contributed by atoms with E-state index in [9.17, 15) is 33.9 Å². The van der Waals surface area contributed by atoms with Crippen molar-refractivity contribution in [3.63, 3.8) is 0 Å². The predicted octanol–water partition coefficient (Wildman–Crippen LogP) is 6.73. The standard InChI is InChI=1S/C55H54N4O8/c60-46-34-44(31-41-26-28-56-29-27-41)52(62)58-49(32-40-16-21-43(22-17-40)42-14-8-3-9-15-42)54(64)57-48(25-20-37-10-4-1-5-11-37)51(61)35-45(30-39-18-23-47(24-19-39)67-36-46)53(63)59-50(55(65)66)33-38-12-6-2-7-13-38/h1-19,21-24,26-29,44-45,48-50H,20,25,30-36H2,(H,57,64)(H,58,62)(H,59,63)(H,65,66)/t44-,45-,48+,49-,50+/m1/s1. The highest BCUT2D eigenvalue weighted by Gasteiger charge is 2.34. The van der Waals surface area contributed by atoms with Gasteiger partial charge in [0.25, 0.3) is 0 Å². The Bertz CT molecular complexity index is 2590. The molecule has 67 heavy (non-hydrogen) atoms. The number of carboxylic acid groups (broad SMARTS) is 1. The van der Waals surface area contributed by atoms with Gasteiger partial charge in [0.1, 0.15) is 24.4 Å². The average molecular weight is 899 g/mol. The molecular formula is C55H54N4O8. The number of nitrogens with one attached hydrogen (secondary N) is 3. The number of rotatable bonds is 13. The number of amides is 3. The van der Waals surface area contributed by atoms with Gasteiger partial charge in [0.2, 0.25) is 17.7 Å². The Morgan fingerprint density at radius 3 is 1.88 bits per heavy atom. The highest BCUT2D eigenvalue weighted by Crippen LogP contribution is 2.23. The highest BCUT2D eigenvalue weighted by atomic mass is 16.5. The van der Waals surface area contributed by atoms with E-state index in [1.807, 2.05) is 91.0 Å². The number of nitrogens with zero attached hydrogens (tertiary/aromatic N) is 1. The lowest BCUT2D eigenvalue weighted by Gasteiger charge is -2.26. The lowest BCUT2D eigenvalue weighted by Crippen LogP contribution is -2.54. The van der Waals surface area contributed by atoms with Crippen LogP contribution in [-0.4, -0.2) is 70.1 Å². The normalized spacial score (nSPS) is 18.8. The average Bonchev–Trinajstić information content (AvgIpc) is 3.35. The lowest BCUT2D eigenvalue weighted by molar-refractivity contribution is -0.142. The van der Waals surface area contributed by atoms with E-state index in [0.29, 0.717) is 23.3 Å². The minimum Gasteiger partial charge on any atom is -0.486 e. The quantitative estimate of drug-likeness (QED) is 0.0978. The smallest absolute Gasteiger partial charge is 0.326 e. The highest BCUT2D eigenvalue weighted by molar-refractivity contribution is 5.96. The van der Waals surface area contributed by atoms with Crippen LogP contribution in [0.15, 0.2) is 164 Å². The zero-order valence-electron chi connectivity index (χ0n) is 37.1. The number of ketones is 2. The molecular weight excluding hydrogens is 845 g/mol. The number of Topliss-reactive ketones (excluding diaryl/α,β-unsaturated/α-hetero) is 2. The Morgan fingerprint density at radius 1 is 0.627 bits per heavy atom. The minimum absolute atomic E-state index is 0.0224. The van der Waals surface area contributed by atoms with Gasteiger partial charge in [-0.3, -0.25) is 29.0 Å². The molecule has 0 fully saturated rings. The van der Waals surface area contributed by atoms with Gasteiger partial charge in [-0.2, -0.15) is 0 Å². The van der Waals surface area contributed by atoms with Crippen molar-refractivity contribution in [1.29, 1.82) is 0 Å². The summed E-state index contributed by atoms with van der Waals surface area (Å²) in [7, 11) is 0. The van der Waals surface area contributed by atoms with Crippen molar-refractivity contribution >= 4 is 35.3 Å². The predicted molar refractivity (Wildman–Crippen MR) is 254 cm³/mol. The van der Waals surface area contributed by atoms with Crippen molar-refractivity contribution in [2.45, 2.75) is 69.5 Å². The fourth-order valence-electron chi connectivity index (χ4n) is 8.29. The van der Waals surface area contributed by atoms with E-state index in [2.05, 4.69) is 20.9 Å². The molecule has 12 nitrogen and oxygen atoms in total. The van der Waals surface area contributed by atoms with Gasteiger partial charge in [-0.25, -0.2) is 4.79 Å². The number of carbonyl (C=O) groups is 6. The number of pyridine rings is 1. The van der Waals surface area contributed by atoms with Gasteiger partial charge >= 0.3 is 5.97 Å². The van der Waals surface area contributed by atoms with Crippen LogP contribution in [0.5, 0.6) is 5.75 Å². The number of hydrogen-bond donors (Lipinski definition) is 4. The molecule has 2 bridgehead atoms. The maximum Gasteiger partial charge on any atom is 0.326 e. The van der Waals surface area contributed by atoms with Crippen LogP contribution in [0.1, 0.15) is 47.1 Å². The summed E-state index contributed by atoms with van der Waals surface area (Å²) in [5, 5.41) is 18.8. The van der Waals surface area contributed by atoms with Gasteiger partial charge in [0.05, 0.1) is 6.04 Å². The summed E-state index contributed by atoms with van der Waals surface area (Å²) in [6.45, 7) is -0.322. The maximum atomic E-state index is 14.8. The maximum absolute atomic E-state index is 14.8. The monoisotopic (exact) mass is 898 g/mol. The molecule has 0 radical (unpaired) electrons. The third kappa shape index (κ3) is 14.1. The van der Waals surface area contributed by atoms with Gasteiger partial charge in [-0.15, -0.1) is 0 Å². The molecule has 3 amide bonds. The van der Waals surface area contributed by atoms with Crippen molar-refractivity contribution in [3.05, 3.63) is 192 Å². The Morgan fingerprint density at radius 2 is 1.22 bits per heavy atom. The molecule has 1 aromatic heterocycles. The van der Waals surface area contributed by atoms with E-state index < -0.39 is 59.4 Å². The van der Waals surface area contributed by atoms with Crippen LogP contribution in [0.4, 0.5) is 0 Å². The summed E-state index contributed by atoms with van der Waals surface area (Å²) < 4.78 is 5.88. The summed E-state index contributed by atoms with van der Waals surface area (Å²) in [5.74, 6) is -5.32. The first-order chi connectivity index (χ1) is 32.6. The molecule has 342 valence electrons. The van der Waals surface area contributed by atoms with E-state index in [4.69, 9.17) is 4.74 Å². The summed E-state index contributed by atoms with van der Waals surface area (Å²) in [6, 6.07) is 42.7. The summed E-state index contributed by atoms with van der Waals surface area (Å²) >= 11 is 0. The van der Waals surface area contributed by atoms with Crippen molar-refractivity contribution in [1.82, 2.24) is 20.9 Å². The van der Waals surface area contributed by atoms with Gasteiger partial charge in [-0.1, -0.05) is 127 Å². The lowest BCUT2D eigenvalue weighted by atomic mass is 9.89. The number of aryl methyl sites for hydroxylation is 1. The molecule has 5 atom stereocenters. The van der Waals surface area contributed by atoms with Crippen LogP contribution in [0, 0.1) is 11.8 Å². The minimum atomic E-state index is -1.28. The number of aromatic nitrogens is 1. The summed E-state index contributed by atoms with van der Waals surface area (Å²) in [4.78, 5) is 88.4. The molecule has 2 aliphatic heterocycles. The first-order valence-electron chi connectivity index (χ1n) is 22.6. The topological polar surface area (TPSA) is 181 Å². The third-order valence-electron chi connectivity index (χ3n) is 12.0. The first-order valence-corrected chi connectivity index (χ1v) is 22.6. The van der Waals surface area contributed by atoms with Gasteiger partial charge in [0, 0.05) is 49.9 Å². The molecule has 6 aromatic rings. The molecule has 12 heteroatoms. The second kappa shape index (κ2) is 23.5. The van der Waals surface area contributed by atoms with Gasteiger partial charge < -0.3 is 25.8 Å². The first kappa shape index (κ1) is 47.2. The molecule has 3 heterocycles. The zero-order chi connectivity index (χ0) is 47.0. The van der Waals surface area contributed by atoms with Crippen LogP contribution >= 0.6 is 0 Å². The molecule has 0 aliphatic carbocycles. The Hall–Kier alpha value is -7.73. The van der Waals surface area contributed by atoms with Gasteiger partial charge in [-0.05, 0) is 88.9 Å². The van der Waals surface area contributed by atoms with Crippen LogP contribution in [0.2, 0.25) is 0 Å². The van der Waals surface area contributed by atoms with Crippen molar-refractivity contribution in [3.8, 4) is 16.9 Å². The molecule has 5 aromatic carbocycles. The van der Waals surface area contributed by atoms with E-state index in [0.717, 1.165) is 27.8 Å². The van der Waals surface area contributed by atoms with E-state index in [1.165, 1.54) is 0 Å². The van der Waals surface area contributed by atoms with Crippen LogP contribution in [0.25, 0.3) is 11.1 Å². The van der Waals surface area contributed by atoms with E-state index in [-0.39, 0.29) is 57.3 Å². The Kier molecular flexibility index (Phi) is 16.5. The zero-order valence-corrected chi connectivity index (χ0v) is 37.1. The fraction of sp³-hybridized carbons (Fsp3) is 0.255. The van der Waals surface area contributed by atoms with Crippen LogP contribution < -0.4 is 20.7 Å². The number of carbonyl (C=O) groups excluding carboxylic acids is 5. The van der Waals surface area contributed by atoms with Crippen LogP contribution in [-0.2, 0) is 60.9 Å². The molecule has 0 saturated heterocycles. The number of ether oxygens (including phenoxy) is 1. The van der Waals surface area contributed by atoms with Crippen LogP contribution in [0.3, 0.4) is 0 Å². The second-order valence-electron chi connectivity index (χ2n) is 17.0. The Labute approximate surface area is 390 Å². The SMILES string of the molecule is O=C1COc2ccc(cc2)C[C@@H](C(=O)N[C@@H](Cc2ccccc2)C(=O)O)CC(=O)[C@H](CCc2ccccc2)NC(=O)[C@@H](Cc2ccc(-c3ccccc3)cc2)NC(=O)[C@H](Cc2ccncc2)C1.